The van der Waals surface area contributed by atoms with Crippen molar-refractivity contribution in [3.63, 3.8) is 0 Å². The zero-order valence-electron chi connectivity index (χ0n) is 12.7. The van der Waals surface area contributed by atoms with E-state index in [1.54, 1.807) is 0 Å². The van der Waals surface area contributed by atoms with E-state index in [1.807, 2.05) is 0 Å². The number of rotatable bonds is 3. The van der Waals surface area contributed by atoms with Crippen LogP contribution in [-0.4, -0.2) is 63.7 Å². The predicted octanol–water partition coefficient (Wildman–Crippen LogP) is 1.89. The van der Waals surface area contributed by atoms with E-state index in [9.17, 15) is 26.7 Å². The van der Waals surface area contributed by atoms with Crippen molar-refractivity contribution in [1.82, 2.24) is 25.1 Å². The first-order valence-electron chi connectivity index (χ1n) is 7.06. The van der Waals surface area contributed by atoms with Crippen LogP contribution in [0.25, 0.3) is 5.65 Å². The molecule has 1 unspecified atom stereocenters. The number of amides is 1. The summed E-state index contributed by atoms with van der Waals surface area (Å²) in [6.07, 6.45) is -7.08. The number of carbonyl (C=O) groups is 1. The molecular weight excluding hydrogens is 391 g/mol. The summed E-state index contributed by atoms with van der Waals surface area (Å²) in [4.78, 5) is 16.4. The monoisotopic (exact) mass is 400 g/mol. The average Bonchev–Trinajstić information content (AvgIpc) is 3.08. The molecule has 3 rings (SSSR count). The maximum atomic E-state index is 14.1. The van der Waals surface area contributed by atoms with Crippen molar-refractivity contribution in [2.45, 2.75) is 18.2 Å². The Labute approximate surface area is 146 Å². The largest absolute Gasteiger partial charge is 0.438 e. The maximum absolute atomic E-state index is 14.1. The molecule has 1 aliphatic heterocycles. The Morgan fingerprint density at radius 2 is 2.19 bits per heavy atom. The van der Waals surface area contributed by atoms with Crippen LogP contribution in [0.15, 0.2) is 12.4 Å². The van der Waals surface area contributed by atoms with Gasteiger partial charge in [0.25, 0.3) is 0 Å². The van der Waals surface area contributed by atoms with Gasteiger partial charge in [0.1, 0.15) is 12.9 Å². The number of halogens is 6. The number of alkyl carbamates (subject to hydrolysis) is 1. The first kappa shape index (κ1) is 18.4. The maximum Gasteiger partial charge on any atom is 0.408 e. The van der Waals surface area contributed by atoms with Gasteiger partial charge in [-0.25, -0.2) is 18.6 Å². The van der Waals surface area contributed by atoms with Crippen LogP contribution < -0.4 is 10.2 Å². The van der Waals surface area contributed by atoms with Crippen LogP contribution in [0.1, 0.15) is 0 Å². The lowest BCUT2D eigenvalue weighted by molar-refractivity contribution is -0.125. The summed E-state index contributed by atoms with van der Waals surface area (Å²) < 4.78 is 70.0. The lowest BCUT2D eigenvalue weighted by Crippen LogP contribution is -2.41. The predicted molar refractivity (Wildman–Crippen MR) is 77.3 cm³/mol. The molecule has 1 fully saturated rings. The van der Waals surface area contributed by atoms with Gasteiger partial charge in [0, 0.05) is 6.07 Å². The lowest BCUT2D eigenvalue weighted by atomic mass is 10.2. The van der Waals surface area contributed by atoms with Crippen LogP contribution in [0.5, 0.6) is 0 Å². The number of nitrogens with one attached hydrogen (secondary N) is 1. The molecule has 1 aliphatic rings. The number of aromatic nitrogens is 4. The van der Waals surface area contributed by atoms with Crippen LogP contribution in [0.4, 0.5) is 32.4 Å². The standard InChI is InChI=1S/C12H10ClF5N6O2/c13-8-1-6(9-20-5-21-24(9)22-8)23-2-7(11(14,15)4-23)26-10(25)19-3-12(16,17)18/h1,5,7H,2-4H2,(H,19,25). The number of hydrogen-bond acceptors (Lipinski definition) is 6. The van der Waals surface area contributed by atoms with Gasteiger partial charge in [-0.1, -0.05) is 11.6 Å². The van der Waals surface area contributed by atoms with E-state index >= 15 is 0 Å². The van der Waals surface area contributed by atoms with Crippen LogP contribution in [0.3, 0.4) is 0 Å². The minimum Gasteiger partial charge on any atom is -0.438 e. The van der Waals surface area contributed by atoms with Gasteiger partial charge in [0.2, 0.25) is 0 Å². The lowest BCUT2D eigenvalue weighted by Gasteiger charge is -2.18. The summed E-state index contributed by atoms with van der Waals surface area (Å²) in [7, 11) is 0. The molecule has 1 amide bonds. The van der Waals surface area contributed by atoms with Crippen molar-refractivity contribution in [3.8, 4) is 0 Å². The van der Waals surface area contributed by atoms with E-state index in [0.29, 0.717) is 0 Å². The Bertz CT molecular complexity index is 828. The van der Waals surface area contributed by atoms with Crippen molar-refractivity contribution in [2.24, 2.45) is 0 Å². The Morgan fingerprint density at radius 3 is 2.88 bits per heavy atom. The number of alkyl halides is 5. The minimum atomic E-state index is -4.68. The van der Waals surface area contributed by atoms with E-state index in [4.69, 9.17) is 11.6 Å². The highest BCUT2D eigenvalue weighted by Crippen LogP contribution is 2.35. The van der Waals surface area contributed by atoms with Gasteiger partial charge >= 0.3 is 18.2 Å². The van der Waals surface area contributed by atoms with Crippen LogP contribution in [0, 0.1) is 0 Å². The average molecular weight is 401 g/mol. The normalized spacial score (nSPS) is 19.8. The van der Waals surface area contributed by atoms with Gasteiger partial charge in [0.15, 0.2) is 16.9 Å². The SMILES string of the molecule is O=C(NCC(F)(F)F)OC1CN(c2cc(Cl)nn3ncnc23)CC1(F)F. The molecule has 0 spiro atoms. The van der Waals surface area contributed by atoms with Crippen molar-refractivity contribution in [3.05, 3.63) is 17.5 Å². The Hall–Kier alpha value is -2.44. The highest BCUT2D eigenvalue weighted by Gasteiger charge is 2.51. The molecule has 0 bridgehead atoms. The third kappa shape index (κ3) is 3.86. The molecule has 2 aromatic heterocycles. The molecule has 0 aliphatic carbocycles. The second-order valence-electron chi connectivity index (χ2n) is 5.43. The summed E-state index contributed by atoms with van der Waals surface area (Å²) >= 11 is 5.82. The summed E-state index contributed by atoms with van der Waals surface area (Å²) in [6.45, 7) is -3.02. The molecule has 3 heterocycles. The number of nitrogens with zero attached hydrogens (tertiary/aromatic N) is 5. The van der Waals surface area contributed by atoms with E-state index < -0.39 is 43.9 Å². The van der Waals surface area contributed by atoms with E-state index in [1.165, 1.54) is 11.4 Å². The number of ether oxygens (including phenoxy) is 1. The van der Waals surface area contributed by atoms with Gasteiger partial charge in [-0.15, -0.1) is 14.8 Å². The van der Waals surface area contributed by atoms with Crippen LogP contribution in [0.2, 0.25) is 5.15 Å². The molecule has 0 aromatic carbocycles. The zero-order valence-corrected chi connectivity index (χ0v) is 13.4. The molecule has 1 atom stereocenters. The van der Waals surface area contributed by atoms with Gasteiger partial charge < -0.3 is 15.0 Å². The third-order valence-corrected chi connectivity index (χ3v) is 3.67. The molecule has 26 heavy (non-hydrogen) atoms. The van der Waals surface area contributed by atoms with E-state index in [0.717, 1.165) is 15.9 Å². The minimum absolute atomic E-state index is 0.0337. The molecule has 142 valence electrons. The Morgan fingerprint density at radius 1 is 1.46 bits per heavy atom. The summed E-state index contributed by atoms with van der Waals surface area (Å²) in [5.41, 5.74) is 0.316. The Kier molecular flexibility index (Phi) is 4.50. The van der Waals surface area contributed by atoms with Gasteiger partial charge in [-0.3, -0.25) is 0 Å². The van der Waals surface area contributed by atoms with Crippen molar-refractivity contribution in [2.75, 3.05) is 24.5 Å². The number of anilines is 1. The fourth-order valence-electron chi connectivity index (χ4n) is 2.41. The highest BCUT2D eigenvalue weighted by atomic mass is 35.5. The first-order chi connectivity index (χ1) is 12.0. The quantitative estimate of drug-likeness (QED) is 0.792. The van der Waals surface area contributed by atoms with Crippen molar-refractivity contribution in [1.29, 1.82) is 0 Å². The second-order valence-corrected chi connectivity index (χ2v) is 5.82. The number of fused-ring (bicyclic) bond motifs is 1. The zero-order chi connectivity index (χ0) is 19.1. The second kappa shape index (κ2) is 6.37. The Balaban J connectivity index is 1.75. The smallest absolute Gasteiger partial charge is 0.408 e. The number of hydrogen-bond donors (Lipinski definition) is 1. The van der Waals surface area contributed by atoms with Crippen LogP contribution >= 0.6 is 11.6 Å². The third-order valence-electron chi connectivity index (χ3n) is 3.49. The van der Waals surface area contributed by atoms with Gasteiger partial charge in [0.05, 0.1) is 18.8 Å². The summed E-state index contributed by atoms with van der Waals surface area (Å²) in [6, 6.07) is 1.29. The first-order valence-corrected chi connectivity index (χ1v) is 7.43. The molecule has 1 N–H and O–H groups in total. The fourth-order valence-corrected chi connectivity index (χ4v) is 2.59. The summed E-state index contributed by atoms with van der Waals surface area (Å²) in [5, 5.41) is 8.92. The topological polar surface area (TPSA) is 84.7 Å². The van der Waals surface area contributed by atoms with Crippen molar-refractivity contribution >= 4 is 29.0 Å². The van der Waals surface area contributed by atoms with Crippen LogP contribution in [-0.2, 0) is 4.74 Å². The molecule has 1 saturated heterocycles. The summed E-state index contributed by atoms with van der Waals surface area (Å²) in [5.74, 6) is -3.50. The molecule has 8 nitrogen and oxygen atoms in total. The highest BCUT2D eigenvalue weighted by molar-refractivity contribution is 6.29. The molecule has 0 saturated carbocycles. The molecule has 0 radical (unpaired) electrons. The van der Waals surface area contributed by atoms with Crippen molar-refractivity contribution < 1.29 is 31.5 Å². The number of carbonyl (C=O) groups excluding carboxylic acids is 1. The fraction of sp³-hybridized carbons (Fsp3) is 0.500. The van der Waals surface area contributed by atoms with E-state index in [2.05, 4.69) is 19.9 Å². The van der Waals surface area contributed by atoms with Gasteiger partial charge in [-0.2, -0.15) is 13.2 Å². The van der Waals surface area contributed by atoms with Gasteiger partial charge in [-0.05, 0) is 0 Å². The van der Waals surface area contributed by atoms with E-state index in [-0.39, 0.29) is 16.5 Å². The molecule has 2 aromatic rings. The molecular formula is C12H10ClF5N6O2. The molecule has 14 heteroatoms.